The second-order valence-electron chi connectivity index (χ2n) is 6.26. The summed E-state index contributed by atoms with van der Waals surface area (Å²) in [5.41, 5.74) is 3.34. The van der Waals surface area contributed by atoms with Crippen molar-refractivity contribution in [3.8, 4) is 6.07 Å². The van der Waals surface area contributed by atoms with Crippen molar-refractivity contribution in [1.29, 1.82) is 5.26 Å². The van der Waals surface area contributed by atoms with Crippen LogP contribution in [0, 0.1) is 18.3 Å². The SMILES string of the molecule is Cc1cc([C@H](C#N)c2ccc(Cl)cc2)c(Cl)cc1NC(=O)c1ccc(Cl)cc1. The second-order valence-corrected chi connectivity index (χ2v) is 7.54. The fourth-order valence-electron chi connectivity index (χ4n) is 2.83. The van der Waals surface area contributed by atoms with Gasteiger partial charge in [-0.15, -0.1) is 0 Å². The van der Waals surface area contributed by atoms with Crippen LogP contribution in [0.4, 0.5) is 5.69 Å². The van der Waals surface area contributed by atoms with Crippen molar-refractivity contribution >= 4 is 46.4 Å². The molecular formula is C22H15Cl3N2O. The van der Waals surface area contributed by atoms with Crippen molar-refractivity contribution in [2.75, 3.05) is 5.32 Å². The summed E-state index contributed by atoms with van der Waals surface area (Å²) in [6.45, 7) is 1.85. The lowest BCUT2D eigenvalue weighted by atomic mass is 9.91. The summed E-state index contributed by atoms with van der Waals surface area (Å²) in [5.74, 6) is -0.803. The Balaban J connectivity index is 1.90. The minimum absolute atomic E-state index is 0.266. The lowest BCUT2D eigenvalue weighted by Crippen LogP contribution is -2.13. The average molecular weight is 430 g/mol. The molecule has 3 aromatic rings. The molecule has 1 N–H and O–H groups in total. The number of carbonyl (C=O) groups is 1. The van der Waals surface area contributed by atoms with E-state index in [1.807, 2.05) is 13.0 Å². The number of nitrogens with one attached hydrogen (secondary N) is 1. The molecule has 0 aromatic heterocycles. The molecule has 0 unspecified atom stereocenters. The number of amides is 1. The summed E-state index contributed by atoms with van der Waals surface area (Å²) < 4.78 is 0. The highest BCUT2D eigenvalue weighted by Crippen LogP contribution is 2.34. The fourth-order valence-corrected chi connectivity index (χ4v) is 3.36. The Morgan fingerprint density at radius 3 is 2.11 bits per heavy atom. The van der Waals surface area contributed by atoms with Crippen molar-refractivity contribution in [1.82, 2.24) is 0 Å². The maximum Gasteiger partial charge on any atom is 0.255 e. The van der Waals surface area contributed by atoms with Crippen LogP contribution >= 0.6 is 34.8 Å². The smallest absolute Gasteiger partial charge is 0.255 e. The van der Waals surface area contributed by atoms with Gasteiger partial charge in [0.25, 0.3) is 5.91 Å². The highest BCUT2D eigenvalue weighted by atomic mass is 35.5. The molecule has 0 aliphatic carbocycles. The normalized spacial score (nSPS) is 11.5. The topological polar surface area (TPSA) is 52.9 Å². The Hall–Kier alpha value is -2.51. The van der Waals surface area contributed by atoms with E-state index < -0.39 is 5.92 Å². The summed E-state index contributed by atoms with van der Waals surface area (Å²) in [7, 11) is 0. The molecule has 140 valence electrons. The third kappa shape index (κ3) is 4.48. The standard InChI is InChI=1S/C22H15Cl3N2O/c1-13-10-18(19(12-26)14-2-6-16(23)7-3-14)20(25)11-21(13)27-22(28)15-4-8-17(24)9-5-15/h2-11,19H,1H3,(H,27,28)/t19-/m1/s1. The predicted octanol–water partition coefficient (Wildman–Crippen LogP) is 6.86. The monoisotopic (exact) mass is 428 g/mol. The van der Waals surface area contributed by atoms with E-state index in [0.717, 1.165) is 11.1 Å². The maximum atomic E-state index is 12.5. The summed E-state index contributed by atoms with van der Waals surface area (Å²) in [4.78, 5) is 12.5. The average Bonchev–Trinajstić information content (AvgIpc) is 2.68. The van der Waals surface area contributed by atoms with Crippen LogP contribution in [0.1, 0.15) is 33.0 Å². The first-order valence-electron chi connectivity index (χ1n) is 8.41. The molecule has 0 spiro atoms. The lowest BCUT2D eigenvalue weighted by molar-refractivity contribution is 0.102. The van der Waals surface area contributed by atoms with Crippen LogP contribution in [0.5, 0.6) is 0 Å². The third-order valence-corrected chi connectivity index (χ3v) is 5.17. The van der Waals surface area contributed by atoms with Gasteiger partial charge in [-0.25, -0.2) is 0 Å². The number of benzene rings is 3. The number of carbonyl (C=O) groups excluding carboxylic acids is 1. The first kappa shape index (κ1) is 20.2. The molecule has 0 aliphatic heterocycles. The zero-order chi connectivity index (χ0) is 20.3. The number of rotatable bonds is 4. The van der Waals surface area contributed by atoms with Crippen LogP contribution in [0.25, 0.3) is 0 Å². The number of anilines is 1. The van der Waals surface area contributed by atoms with Crippen LogP contribution in [0.3, 0.4) is 0 Å². The number of nitriles is 1. The minimum atomic E-state index is -0.538. The summed E-state index contributed by atoms with van der Waals surface area (Å²) in [5, 5.41) is 14.1. The summed E-state index contributed by atoms with van der Waals surface area (Å²) >= 11 is 18.3. The molecule has 0 saturated heterocycles. The lowest BCUT2D eigenvalue weighted by Gasteiger charge is -2.16. The van der Waals surface area contributed by atoms with Gasteiger partial charge in [-0.3, -0.25) is 4.79 Å². The Labute approximate surface area is 178 Å². The van der Waals surface area contributed by atoms with Gasteiger partial charge < -0.3 is 5.32 Å². The van der Waals surface area contributed by atoms with Crippen molar-refractivity contribution in [3.05, 3.63) is 98.0 Å². The Bertz CT molecular complexity index is 1050. The van der Waals surface area contributed by atoms with Crippen LogP contribution in [-0.4, -0.2) is 5.91 Å². The molecule has 3 rings (SSSR count). The largest absolute Gasteiger partial charge is 0.322 e. The number of nitrogens with zero attached hydrogens (tertiary/aromatic N) is 1. The second kappa shape index (κ2) is 8.67. The Morgan fingerprint density at radius 1 is 0.964 bits per heavy atom. The summed E-state index contributed by atoms with van der Waals surface area (Å²) in [6, 6.07) is 19.5. The van der Waals surface area contributed by atoms with Crippen molar-refractivity contribution in [2.45, 2.75) is 12.8 Å². The molecule has 0 bridgehead atoms. The number of hydrogen-bond donors (Lipinski definition) is 1. The third-order valence-electron chi connectivity index (χ3n) is 4.34. The number of aryl methyl sites for hydroxylation is 1. The van der Waals surface area contributed by atoms with E-state index in [1.165, 1.54) is 0 Å². The maximum absolute atomic E-state index is 12.5. The Morgan fingerprint density at radius 2 is 1.54 bits per heavy atom. The van der Waals surface area contributed by atoms with E-state index in [-0.39, 0.29) is 5.91 Å². The van der Waals surface area contributed by atoms with Crippen LogP contribution in [-0.2, 0) is 0 Å². The van der Waals surface area contributed by atoms with Crippen molar-refractivity contribution in [3.63, 3.8) is 0 Å². The first-order valence-corrected chi connectivity index (χ1v) is 9.54. The van der Waals surface area contributed by atoms with E-state index in [4.69, 9.17) is 34.8 Å². The zero-order valence-corrected chi connectivity index (χ0v) is 17.1. The van der Waals surface area contributed by atoms with Crippen LogP contribution < -0.4 is 5.32 Å². The van der Waals surface area contributed by atoms with Gasteiger partial charge >= 0.3 is 0 Å². The molecule has 28 heavy (non-hydrogen) atoms. The molecule has 1 amide bonds. The van der Waals surface area contributed by atoms with Crippen molar-refractivity contribution in [2.24, 2.45) is 0 Å². The van der Waals surface area contributed by atoms with E-state index in [0.29, 0.717) is 31.9 Å². The van der Waals surface area contributed by atoms with Crippen LogP contribution in [0.2, 0.25) is 15.1 Å². The molecular weight excluding hydrogens is 415 g/mol. The molecule has 0 radical (unpaired) electrons. The van der Waals surface area contributed by atoms with Gasteiger partial charge in [0.05, 0.1) is 12.0 Å². The highest BCUT2D eigenvalue weighted by Gasteiger charge is 2.19. The molecule has 6 heteroatoms. The van der Waals surface area contributed by atoms with Gasteiger partial charge in [0.15, 0.2) is 0 Å². The van der Waals surface area contributed by atoms with E-state index in [2.05, 4.69) is 11.4 Å². The fraction of sp³-hybridized carbons (Fsp3) is 0.0909. The minimum Gasteiger partial charge on any atom is -0.322 e. The van der Waals surface area contributed by atoms with Gasteiger partial charge in [0.2, 0.25) is 0 Å². The zero-order valence-electron chi connectivity index (χ0n) is 14.8. The predicted molar refractivity (Wildman–Crippen MR) is 115 cm³/mol. The molecule has 3 aromatic carbocycles. The van der Waals surface area contributed by atoms with Gasteiger partial charge in [0.1, 0.15) is 0 Å². The molecule has 1 atom stereocenters. The van der Waals surface area contributed by atoms with Crippen molar-refractivity contribution < 1.29 is 4.79 Å². The van der Waals surface area contributed by atoms with Crippen LogP contribution in [0.15, 0.2) is 60.7 Å². The summed E-state index contributed by atoms with van der Waals surface area (Å²) in [6.07, 6.45) is 0. The number of hydrogen-bond acceptors (Lipinski definition) is 2. The molecule has 0 saturated carbocycles. The quantitative estimate of drug-likeness (QED) is 0.492. The molecule has 0 aliphatic rings. The van der Waals surface area contributed by atoms with E-state index in [9.17, 15) is 10.1 Å². The Kier molecular flexibility index (Phi) is 6.26. The van der Waals surface area contributed by atoms with E-state index in [1.54, 1.807) is 54.6 Å². The van der Waals surface area contributed by atoms with Gasteiger partial charge in [-0.05, 0) is 66.1 Å². The molecule has 3 nitrogen and oxygen atoms in total. The highest BCUT2D eigenvalue weighted by molar-refractivity contribution is 6.32. The van der Waals surface area contributed by atoms with Gasteiger partial charge in [0, 0.05) is 26.3 Å². The van der Waals surface area contributed by atoms with E-state index >= 15 is 0 Å². The molecule has 0 fully saturated rings. The number of halogens is 3. The molecule has 0 heterocycles. The van der Waals surface area contributed by atoms with Gasteiger partial charge in [-0.1, -0.05) is 53.0 Å². The van der Waals surface area contributed by atoms with Gasteiger partial charge in [-0.2, -0.15) is 5.26 Å². The first-order chi connectivity index (χ1) is 13.4.